The fourth-order valence-corrected chi connectivity index (χ4v) is 3.05. The largest absolute Gasteiger partial charge is 0.339 e. The molecular formula is C13H24N2O. The second-order valence-corrected chi connectivity index (χ2v) is 5.80. The summed E-state index contributed by atoms with van der Waals surface area (Å²) in [5.41, 5.74) is 0. The summed E-state index contributed by atoms with van der Waals surface area (Å²) in [4.78, 5) is 14.2. The predicted octanol–water partition coefficient (Wildman–Crippen LogP) is 1.49. The lowest BCUT2D eigenvalue weighted by atomic mass is 9.95. The first-order chi connectivity index (χ1) is 7.59. The van der Waals surface area contributed by atoms with Gasteiger partial charge in [0.1, 0.15) is 0 Å². The molecule has 0 aliphatic carbocycles. The number of carbonyl (C=O) groups is 1. The van der Waals surface area contributed by atoms with E-state index in [1.54, 1.807) is 0 Å². The first-order valence-electron chi connectivity index (χ1n) is 6.59. The van der Waals surface area contributed by atoms with E-state index in [1.807, 2.05) is 0 Å². The highest BCUT2D eigenvalue weighted by atomic mass is 16.2. The third kappa shape index (κ3) is 2.24. The Bertz CT molecular complexity index is 265. The van der Waals surface area contributed by atoms with Crippen molar-refractivity contribution in [1.29, 1.82) is 0 Å². The van der Waals surface area contributed by atoms with Crippen molar-refractivity contribution < 1.29 is 4.79 Å². The van der Waals surface area contributed by atoms with Gasteiger partial charge in [-0.25, -0.2) is 0 Å². The molecule has 3 atom stereocenters. The maximum absolute atomic E-state index is 12.1. The van der Waals surface area contributed by atoms with E-state index < -0.39 is 0 Å². The van der Waals surface area contributed by atoms with Crippen molar-refractivity contribution >= 4 is 5.91 Å². The molecule has 1 N–H and O–H groups in total. The molecule has 0 aromatic rings. The smallest absolute Gasteiger partial charge is 0.222 e. The van der Waals surface area contributed by atoms with Gasteiger partial charge in [0.25, 0.3) is 0 Å². The number of amides is 1. The van der Waals surface area contributed by atoms with Crippen LogP contribution >= 0.6 is 0 Å². The molecule has 3 heteroatoms. The number of likely N-dealkylation sites (tertiary alicyclic amines) is 1. The normalized spacial score (nSPS) is 33.5. The zero-order valence-corrected chi connectivity index (χ0v) is 10.7. The summed E-state index contributed by atoms with van der Waals surface area (Å²) in [6.45, 7) is 9.75. The van der Waals surface area contributed by atoms with Crippen LogP contribution in [0.3, 0.4) is 0 Å². The van der Waals surface area contributed by atoms with Gasteiger partial charge in [-0.15, -0.1) is 0 Å². The van der Waals surface area contributed by atoms with Crippen molar-refractivity contribution in [3.63, 3.8) is 0 Å². The van der Waals surface area contributed by atoms with Crippen LogP contribution in [-0.4, -0.2) is 36.5 Å². The van der Waals surface area contributed by atoms with E-state index in [1.165, 1.54) is 0 Å². The molecule has 2 fully saturated rings. The van der Waals surface area contributed by atoms with Crippen molar-refractivity contribution in [1.82, 2.24) is 10.2 Å². The lowest BCUT2D eigenvalue weighted by Crippen LogP contribution is -2.38. The molecule has 0 saturated carbocycles. The summed E-state index contributed by atoms with van der Waals surface area (Å²) in [6, 6.07) is 0.444. The quantitative estimate of drug-likeness (QED) is 0.787. The number of rotatable bonds is 3. The minimum absolute atomic E-state index is 0.371. The molecule has 2 aliphatic heterocycles. The van der Waals surface area contributed by atoms with Crippen LogP contribution in [0.5, 0.6) is 0 Å². The monoisotopic (exact) mass is 224 g/mol. The molecule has 2 heterocycles. The molecule has 0 spiro atoms. The van der Waals surface area contributed by atoms with Gasteiger partial charge in [-0.1, -0.05) is 13.8 Å². The van der Waals surface area contributed by atoms with E-state index in [0.29, 0.717) is 29.7 Å². The molecule has 3 nitrogen and oxygen atoms in total. The van der Waals surface area contributed by atoms with E-state index in [4.69, 9.17) is 0 Å². The van der Waals surface area contributed by atoms with Gasteiger partial charge >= 0.3 is 0 Å². The van der Waals surface area contributed by atoms with Gasteiger partial charge in [-0.05, 0) is 31.1 Å². The number of carbonyl (C=O) groups excluding carboxylic acids is 1. The molecule has 0 aromatic heterocycles. The number of hydrogen-bond donors (Lipinski definition) is 1. The molecular weight excluding hydrogens is 200 g/mol. The van der Waals surface area contributed by atoms with E-state index in [2.05, 4.69) is 31.0 Å². The van der Waals surface area contributed by atoms with Crippen LogP contribution in [-0.2, 0) is 4.79 Å². The lowest BCUT2D eigenvalue weighted by molar-refractivity contribution is -0.132. The van der Waals surface area contributed by atoms with Crippen molar-refractivity contribution in [2.45, 2.75) is 39.7 Å². The molecule has 16 heavy (non-hydrogen) atoms. The second-order valence-electron chi connectivity index (χ2n) is 5.80. The number of fused-ring (bicyclic) bond motifs is 1. The Labute approximate surface area is 98.6 Å². The summed E-state index contributed by atoms with van der Waals surface area (Å²) < 4.78 is 0. The summed E-state index contributed by atoms with van der Waals surface area (Å²) in [7, 11) is 0. The third-order valence-electron chi connectivity index (χ3n) is 4.19. The van der Waals surface area contributed by atoms with Crippen molar-refractivity contribution in [3.05, 3.63) is 0 Å². The van der Waals surface area contributed by atoms with Crippen molar-refractivity contribution in [2.24, 2.45) is 17.8 Å². The highest BCUT2D eigenvalue weighted by Crippen LogP contribution is 2.32. The zero-order valence-electron chi connectivity index (χ0n) is 10.7. The molecule has 0 bridgehead atoms. The van der Waals surface area contributed by atoms with Gasteiger partial charge in [0.05, 0.1) is 0 Å². The minimum Gasteiger partial charge on any atom is -0.339 e. The van der Waals surface area contributed by atoms with Crippen LogP contribution in [0.25, 0.3) is 0 Å². The van der Waals surface area contributed by atoms with Crippen molar-refractivity contribution in [2.75, 3.05) is 19.6 Å². The SMILES string of the molecule is CC(C)CCC(=O)N1CC2CNCC2C1C. The highest BCUT2D eigenvalue weighted by molar-refractivity contribution is 5.77. The van der Waals surface area contributed by atoms with Crippen LogP contribution in [0, 0.1) is 17.8 Å². The number of hydrogen-bond acceptors (Lipinski definition) is 2. The number of nitrogens with zero attached hydrogens (tertiary/aromatic N) is 1. The van der Waals surface area contributed by atoms with Crippen LogP contribution in [0.1, 0.15) is 33.6 Å². The Morgan fingerprint density at radius 3 is 2.81 bits per heavy atom. The van der Waals surface area contributed by atoms with E-state index >= 15 is 0 Å². The fourth-order valence-electron chi connectivity index (χ4n) is 3.05. The molecule has 2 rings (SSSR count). The summed E-state index contributed by atoms with van der Waals surface area (Å²) in [6.07, 6.45) is 1.75. The predicted molar refractivity (Wildman–Crippen MR) is 65.1 cm³/mol. The maximum atomic E-state index is 12.1. The first kappa shape index (κ1) is 11.9. The van der Waals surface area contributed by atoms with E-state index in [9.17, 15) is 4.79 Å². The van der Waals surface area contributed by atoms with Crippen LogP contribution in [0.2, 0.25) is 0 Å². The van der Waals surface area contributed by atoms with E-state index in [-0.39, 0.29) is 0 Å². The molecule has 2 saturated heterocycles. The Hall–Kier alpha value is -0.570. The molecule has 2 aliphatic rings. The van der Waals surface area contributed by atoms with Gasteiger partial charge in [-0.2, -0.15) is 0 Å². The van der Waals surface area contributed by atoms with Gasteiger partial charge in [0, 0.05) is 32.1 Å². The van der Waals surface area contributed by atoms with Crippen LogP contribution < -0.4 is 5.32 Å². The Morgan fingerprint density at radius 2 is 2.19 bits per heavy atom. The third-order valence-corrected chi connectivity index (χ3v) is 4.19. The van der Waals surface area contributed by atoms with Crippen LogP contribution in [0.15, 0.2) is 0 Å². The summed E-state index contributed by atoms with van der Waals surface area (Å²) >= 11 is 0. The van der Waals surface area contributed by atoms with Crippen LogP contribution in [0.4, 0.5) is 0 Å². The van der Waals surface area contributed by atoms with E-state index in [0.717, 1.165) is 32.5 Å². The average molecular weight is 224 g/mol. The average Bonchev–Trinajstić information content (AvgIpc) is 2.78. The van der Waals surface area contributed by atoms with Crippen molar-refractivity contribution in [3.8, 4) is 0 Å². The maximum Gasteiger partial charge on any atom is 0.222 e. The standard InChI is InChI=1S/C13H24N2O/c1-9(2)4-5-13(16)15-8-11-6-14-7-12(11)10(15)3/h9-12,14H,4-8H2,1-3H3. The summed E-state index contributed by atoms with van der Waals surface area (Å²) in [5, 5.41) is 3.43. The molecule has 0 aromatic carbocycles. The number of nitrogens with one attached hydrogen (secondary N) is 1. The van der Waals surface area contributed by atoms with Gasteiger partial charge in [0.2, 0.25) is 5.91 Å². The Balaban J connectivity index is 1.88. The molecule has 0 radical (unpaired) electrons. The second kappa shape index (κ2) is 4.74. The van der Waals surface area contributed by atoms with Gasteiger partial charge in [-0.3, -0.25) is 4.79 Å². The zero-order chi connectivity index (χ0) is 11.7. The Morgan fingerprint density at radius 1 is 1.44 bits per heavy atom. The first-order valence-corrected chi connectivity index (χ1v) is 6.59. The molecule has 92 valence electrons. The molecule has 1 amide bonds. The van der Waals surface area contributed by atoms with Gasteiger partial charge in [0.15, 0.2) is 0 Å². The van der Waals surface area contributed by atoms with Gasteiger partial charge < -0.3 is 10.2 Å². The topological polar surface area (TPSA) is 32.3 Å². The molecule has 3 unspecified atom stereocenters. The Kier molecular flexibility index (Phi) is 3.53. The minimum atomic E-state index is 0.371. The highest BCUT2D eigenvalue weighted by Gasteiger charge is 2.43. The summed E-state index contributed by atoms with van der Waals surface area (Å²) in [5.74, 6) is 2.40. The fraction of sp³-hybridized carbons (Fsp3) is 0.923. The lowest BCUT2D eigenvalue weighted by Gasteiger charge is -2.24.